The Kier molecular flexibility index (Phi) is 5.21. The number of aromatic nitrogens is 1. The van der Waals surface area contributed by atoms with Crippen molar-refractivity contribution in [2.75, 3.05) is 4.90 Å². The van der Waals surface area contributed by atoms with Crippen molar-refractivity contribution in [1.82, 2.24) is 9.88 Å². The Bertz CT molecular complexity index is 1180. The highest BCUT2D eigenvalue weighted by atomic mass is 32.2. The molecule has 0 spiro atoms. The number of carbonyl (C=O) groups is 1. The first-order valence-electron chi connectivity index (χ1n) is 9.71. The smallest absolute Gasteiger partial charge is 0.258 e. The minimum Gasteiger partial charge on any atom is -0.360 e. The van der Waals surface area contributed by atoms with Gasteiger partial charge >= 0.3 is 0 Å². The second kappa shape index (κ2) is 7.70. The van der Waals surface area contributed by atoms with Crippen molar-refractivity contribution < 1.29 is 17.7 Å². The third kappa shape index (κ3) is 3.64. The van der Waals surface area contributed by atoms with Crippen molar-refractivity contribution in [3.8, 4) is 0 Å². The van der Waals surface area contributed by atoms with Gasteiger partial charge in [-0.3, -0.25) is 4.79 Å². The van der Waals surface area contributed by atoms with Crippen molar-refractivity contribution in [3.05, 3.63) is 76.7 Å². The number of sulfonamides is 1. The minimum atomic E-state index is -3.76. The van der Waals surface area contributed by atoms with E-state index in [4.69, 9.17) is 4.52 Å². The van der Waals surface area contributed by atoms with Gasteiger partial charge in [-0.2, -0.15) is 0 Å². The maximum atomic E-state index is 13.1. The van der Waals surface area contributed by atoms with Crippen LogP contribution in [0.1, 0.15) is 39.9 Å². The molecule has 30 heavy (non-hydrogen) atoms. The van der Waals surface area contributed by atoms with Gasteiger partial charge in [-0.1, -0.05) is 35.5 Å². The summed E-state index contributed by atoms with van der Waals surface area (Å²) in [5, 5.41) is 3.71. The summed E-state index contributed by atoms with van der Waals surface area (Å²) in [6.07, 6.45) is 0.763. The fourth-order valence-corrected chi connectivity index (χ4v) is 5.24. The lowest BCUT2D eigenvalue weighted by Crippen LogP contribution is -2.35. The van der Waals surface area contributed by atoms with Gasteiger partial charge in [0.1, 0.15) is 10.6 Å². The van der Waals surface area contributed by atoms with Crippen LogP contribution in [-0.4, -0.2) is 25.5 Å². The van der Waals surface area contributed by atoms with Crippen LogP contribution in [0.3, 0.4) is 0 Å². The summed E-state index contributed by atoms with van der Waals surface area (Å²) in [5.41, 5.74) is 3.61. The Balaban J connectivity index is 1.58. The van der Waals surface area contributed by atoms with Crippen molar-refractivity contribution in [2.45, 2.75) is 44.7 Å². The molecule has 0 saturated heterocycles. The Morgan fingerprint density at radius 1 is 1.20 bits per heavy atom. The molecular weight excluding hydrogens is 402 g/mol. The van der Waals surface area contributed by atoms with Crippen molar-refractivity contribution in [3.63, 3.8) is 0 Å². The molecule has 7 nitrogen and oxygen atoms in total. The zero-order valence-corrected chi connectivity index (χ0v) is 17.9. The lowest BCUT2D eigenvalue weighted by molar-refractivity contribution is 0.0981. The molecular formula is C22H23N3O4S. The maximum Gasteiger partial charge on any atom is 0.258 e. The molecule has 8 heteroatoms. The van der Waals surface area contributed by atoms with E-state index in [0.29, 0.717) is 11.3 Å². The Hall–Kier alpha value is -2.97. The maximum absolute atomic E-state index is 13.1. The first-order chi connectivity index (χ1) is 14.3. The number of nitrogens with one attached hydrogen (secondary N) is 1. The van der Waals surface area contributed by atoms with Crippen molar-refractivity contribution in [1.29, 1.82) is 0 Å². The third-order valence-electron chi connectivity index (χ3n) is 5.31. The van der Waals surface area contributed by atoms with Crippen LogP contribution < -0.4 is 9.62 Å². The van der Waals surface area contributed by atoms with E-state index in [2.05, 4.69) is 9.88 Å². The molecule has 0 aliphatic carbocycles. The molecule has 0 unspecified atom stereocenters. The summed E-state index contributed by atoms with van der Waals surface area (Å²) in [6, 6.07) is 14.9. The van der Waals surface area contributed by atoms with Crippen LogP contribution >= 0.6 is 0 Å². The highest BCUT2D eigenvalue weighted by Gasteiger charge is 2.32. The van der Waals surface area contributed by atoms with Crippen molar-refractivity contribution in [2.24, 2.45) is 0 Å². The molecule has 0 radical (unpaired) electrons. The lowest BCUT2D eigenvalue weighted by Gasteiger charge is -2.23. The quantitative estimate of drug-likeness (QED) is 0.677. The first kappa shape index (κ1) is 20.3. The number of fused-ring (bicyclic) bond motifs is 1. The second-order valence-corrected chi connectivity index (χ2v) is 9.24. The average molecular weight is 426 g/mol. The molecule has 156 valence electrons. The van der Waals surface area contributed by atoms with E-state index in [1.807, 2.05) is 43.3 Å². The second-order valence-electron chi connectivity index (χ2n) is 7.54. The number of hydrogen-bond donors (Lipinski definition) is 1. The van der Waals surface area contributed by atoms with Gasteiger partial charge in [0.2, 0.25) is 10.0 Å². The normalized spacial score (nSPS) is 16.0. The van der Waals surface area contributed by atoms with Gasteiger partial charge < -0.3 is 9.42 Å². The fraction of sp³-hybridized carbons (Fsp3) is 0.273. The highest BCUT2D eigenvalue weighted by molar-refractivity contribution is 7.89. The molecule has 1 atom stereocenters. The SMILES string of the molecule is Cc1noc(C)c1S(=O)(=O)NCc1ccc2c(c1)N(C(=O)c1ccccc1)[C@@H](C)C2. The molecule has 1 N–H and O–H groups in total. The van der Waals surface area contributed by atoms with Gasteiger partial charge in [-0.15, -0.1) is 0 Å². The molecule has 1 aliphatic heterocycles. The zero-order chi connectivity index (χ0) is 21.5. The number of rotatable bonds is 5. The van der Waals surface area contributed by atoms with Crippen LogP contribution in [0.4, 0.5) is 5.69 Å². The molecule has 0 fully saturated rings. The lowest BCUT2D eigenvalue weighted by atomic mass is 10.1. The monoisotopic (exact) mass is 425 g/mol. The largest absolute Gasteiger partial charge is 0.360 e. The number of nitrogens with zero attached hydrogens (tertiary/aromatic N) is 2. The van der Waals surface area contributed by atoms with E-state index < -0.39 is 10.0 Å². The Labute approximate surface area is 175 Å². The van der Waals surface area contributed by atoms with Gasteiger partial charge in [0.05, 0.1) is 0 Å². The zero-order valence-electron chi connectivity index (χ0n) is 17.0. The number of benzene rings is 2. The summed E-state index contributed by atoms with van der Waals surface area (Å²) in [5.74, 6) is 0.192. The van der Waals surface area contributed by atoms with E-state index in [9.17, 15) is 13.2 Å². The highest BCUT2D eigenvalue weighted by Crippen LogP contribution is 2.34. The molecule has 1 aliphatic rings. The predicted octanol–water partition coefficient (Wildman–Crippen LogP) is 3.36. The number of carbonyl (C=O) groups excluding carboxylic acids is 1. The summed E-state index contributed by atoms with van der Waals surface area (Å²) in [4.78, 5) is 14.9. The molecule has 0 saturated carbocycles. The Morgan fingerprint density at radius 2 is 1.93 bits per heavy atom. The van der Waals surface area contributed by atoms with Crippen LogP contribution in [0, 0.1) is 13.8 Å². The molecule has 4 rings (SSSR count). The van der Waals surface area contributed by atoms with E-state index in [-0.39, 0.29) is 29.1 Å². The first-order valence-corrected chi connectivity index (χ1v) is 11.2. The van der Waals surface area contributed by atoms with Crippen LogP contribution in [0.25, 0.3) is 0 Å². The molecule has 2 heterocycles. The molecule has 2 aromatic carbocycles. The van der Waals surface area contributed by atoms with Crippen LogP contribution in [0.2, 0.25) is 0 Å². The van der Waals surface area contributed by atoms with Gasteiger partial charge in [0.15, 0.2) is 5.76 Å². The summed E-state index contributed by atoms with van der Waals surface area (Å²) in [6.45, 7) is 5.27. The third-order valence-corrected chi connectivity index (χ3v) is 6.95. The van der Waals surface area contributed by atoms with Gasteiger partial charge in [0.25, 0.3) is 5.91 Å². The number of anilines is 1. The summed E-state index contributed by atoms with van der Waals surface area (Å²) >= 11 is 0. The van der Waals surface area contributed by atoms with Crippen LogP contribution in [0.5, 0.6) is 0 Å². The summed E-state index contributed by atoms with van der Waals surface area (Å²) in [7, 11) is -3.76. The number of amides is 1. The van der Waals surface area contributed by atoms with E-state index in [0.717, 1.165) is 23.2 Å². The van der Waals surface area contributed by atoms with Crippen molar-refractivity contribution >= 4 is 21.6 Å². The number of aryl methyl sites for hydroxylation is 2. The molecule has 1 aromatic heterocycles. The fourth-order valence-electron chi connectivity index (χ4n) is 3.90. The van der Waals surface area contributed by atoms with E-state index >= 15 is 0 Å². The summed E-state index contributed by atoms with van der Waals surface area (Å²) < 4.78 is 32.9. The average Bonchev–Trinajstić information content (AvgIpc) is 3.24. The standard InChI is InChI=1S/C22H23N3O4S/c1-14-11-19-10-9-17(13-23-30(27,28)21-15(2)24-29-16(21)3)12-20(19)25(14)22(26)18-7-5-4-6-8-18/h4-10,12,14,23H,11,13H2,1-3H3/t14-/m0/s1. The van der Waals surface area contributed by atoms with Gasteiger partial charge in [-0.25, -0.2) is 13.1 Å². The minimum absolute atomic E-state index is 0.0296. The topological polar surface area (TPSA) is 92.5 Å². The predicted molar refractivity (Wildman–Crippen MR) is 113 cm³/mol. The van der Waals surface area contributed by atoms with Crippen LogP contribution in [-0.2, 0) is 23.0 Å². The molecule has 1 amide bonds. The van der Waals surface area contributed by atoms with Crippen LogP contribution in [0.15, 0.2) is 57.9 Å². The Morgan fingerprint density at radius 3 is 2.60 bits per heavy atom. The molecule has 0 bridgehead atoms. The van der Waals surface area contributed by atoms with E-state index in [1.165, 1.54) is 0 Å². The van der Waals surface area contributed by atoms with E-state index in [1.54, 1.807) is 30.9 Å². The molecule has 3 aromatic rings. The van der Waals surface area contributed by atoms with Gasteiger partial charge in [-0.05, 0) is 56.5 Å². The number of hydrogen-bond acceptors (Lipinski definition) is 5. The van der Waals surface area contributed by atoms with Gasteiger partial charge in [0, 0.05) is 23.8 Å².